The molecule has 10 heteroatoms. The molecule has 1 aromatic heterocycles. The number of hydrazone groups is 1. The second-order valence-electron chi connectivity index (χ2n) is 9.16. The summed E-state index contributed by atoms with van der Waals surface area (Å²) in [6.07, 6.45) is 8.75. The summed E-state index contributed by atoms with van der Waals surface area (Å²) < 4.78 is 5.43. The van der Waals surface area contributed by atoms with Crippen LogP contribution in [-0.4, -0.2) is 53.3 Å². The molecule has 3 heterocycles. The molecule has 0 amide bonds. The molecule has 0 radical (unpaired) electrons. The van der Waals surface area contributed by atoms with Crippen LogP contribution in [0.3, 0.4) is 0 Å². The lowest BCUT2D eigenvalue weighted by molar-refractivity contribution is 0.0735. The highest BCUT2D eigenvalue weighted by atomic mass is 35.5. The van der Waals surface area contributed by atoms with Crippen molar-refractivity contribution in [1.29, 1.82) is 0 Å². The number of hydrogen-bond donors (Lipinski definition) is 1. The molecule has 9 nitrogen and oxygen atoms in total. The van der Waals surface area contributed by atoms with Crippen molar-refractivity contribution < 1.29 is 9.53 Å². The van der Waals surface area contributed by atoms with Crippen LogP contribution >= 0.6 is 11.6 Å². The Morgan fingerprint density at radius 3 is 2.03 bits per heavy atom. The standard InChI is InChI=1S/C27H30ClN7O2/c28-23-10-4-3-9-22(23)24(36)37-21-13-11-20(12-14-21)19-29-33-25-30-26(34-15-5-1-6-16-34)32-27(31-25)35-17-7-2-8-18-35/h3-4,9-14,19H,1-2,5-8,15-18H2,(H,30,31,32,33)/b29-19+. The minimum Gasteiger partial charge on any atom is -0.423 e. The zero-order valence-electron chi connectivity index (χ0n) is 20.6. The molecule has 0 unspecified atom stereocenters. The van der Waals surface area contributed by atoms with Gasteiger partial charge >= 0.3 is 5.97 Å². The van der Waals surface area contributed by atoms with Crippen LogP contribution < -0.4 is 20.0 Å². The number of nitrogens with one attached hydrogen (secondary N) is 1. The molecular weight excluding hydrogens is 490 g/mol. The lowest BCUT2D eigenvalue weighted by Crippen LogP contribution is -2.34. The van der Waals surface area contributed by atoms with Crippen LogP contribution in [0, 0.1) is 0 Å². The SMILES string of the molecule is O=C(Oc1ccc(/C=N/Nc2nc(N3CCCCC3)nc(N3CCCCC3)n2)cc1)c1ccccc1Cl. The van der Waals surface area contributed by atoms with Gasteiger partial charge in [-0.1, -0.05) is 23.7 Å². The first-order chi connectivity index (χ1) is 18.2. The fraction of sp³-hybridized carbons (Fsp3) is 0.370. The van der Waals surface area contributed by atoms with Crippen molar-refractivity contribution in [3.05, 3.63) is 64.7 Å². The lowest BCUT2D eigenvalue weighted by atomic mass is 10.1. The first-order valence-electron chi connectivity index (χ1n) is 12.8. The van der Waals surface area contributed by atoms with Gasteiger partial charge in [-0.15, -0.1) is 0 Å². The van der Waals surface area contributed by atoms with Gasteiger partial charge in [-0.05, 0) is 80.5 Å². The van der Waals surface area contributed by atoms with Crippen molar-refractivity contribution in [2.24, 2.45) is 5.10 Å². The Labute approximate surface area is 221 Å². The van der Waals surface area contributed by atoms with E-state index in [1.54, 1.807) is 42.6 Å². The zero-order chi connectivity index (χ0) is 25.5. The quantitative estimate of drug-likeness (QED) is 0.198. The molecule has 0 bridgehead atoms. The van der Waals surface area contributed by atoms with Crippen molar-refractivity contribution in [3.8, 4) is 5.75 Å². The number of esters is 1. The zero-order valence-corrected chi connectivity index (χ0v) is 21.4. The molecule has 2 aromatic carbocycles. The lowest BCUT2D eigenvalue weighted by Gasteiger charge is -2.30. The topological polar surface area (TPSA) is 95.8 Å². The summed E-state index contributed by atoms with van der Waals surface area (Å²) in [7, 11) is 0. The molecule has 0 aliphatic carbocycles. The van der Waals surface area contributed by atoms with Gasteiger partial charge in [0.15, 0.2) is 0 Å². The summed E-state index contributed by atoms with van der Waals surface area (Å²) in [5.41, 5.74) is 4.13. The maximum absolute atomic E-state index is 12.4. The number of hydrogen-bond acceptors (Lipinski definition) is 9. The number of rotatable bonds is 7. The second kappa shape index (κ2) is 12.0. The maximum Gasteiger partial charge on any atom is 0.345 e. The van der Waals surface area contributed by atoms with Gasteiger partial charge in [0.05, 0.1) is 16.8 Å². The van der Waals surface area contributed by atoms with Gasteiger partial charge in [0.1, 0.15) is 5.75 Å². The highest BCUT2D eigenvalue weighted by Gasteiger charge is 2.20. The van der Waals surface area contributed by atoms with Gasteiger partial charge in [0.2, 0.25) is 17.8 Å². The van der Waals surface area contributed by atoms with Gasteiger partial charge in [-0.2, -0.15) is 20.1 Å². The number of anilines is 3. The summed E-state index contributed by atoms with van der Waals surface area (Å²) >= 11 is 6.08. The van der Waals surface area contributed by atoms with E-state index in [0.29, 0.717) is 34.2 Å². The maximum atomic E-state index is 12.4. The number of aromatic nitrogens is 3. The highest BCUT2D eigenvalue weighted by Crippen LogP contribution is 2.23. The van der Waals surface area contributed by atoms with E-state index in [1.807, 2.05) is 12.1 Å². The molecule has 1 N–H and O–H groups in total. The van der Waals surface area contributed by atoms with Gasteiger partial charge in [0.25, 0.3) is 0 Å². The number of ether oxygens (including phenoxy) is 1. The summed E-state index contributed by atoms with van der Waals surface area (Å²) in [6.45, 7) is 3.83. The van der Waals surface area contributed by atoms with Crippen molar-refractivity contribution in [2.45, 2.75) is 38.5 Å². The molecule has 2 aliphatic heterocycles. The Hall–Kier alpha value is -3.72. The smallest absolute Gasteiger partial charge is 0.345 e. The number of halogens is 1. The van der Waals surface area contributed by atoms with Crippen molar-refractivity contribution in [2.75, 3.05) is 41.4 Å². The number of benzene rings is 2. The molecule has 5 rings (SSSR count). The summed E-state index contributed by atoms with van der Waals surface area (Å²) in [4.78, 5) is 30.9. The van der Waals surface area contributed by atoms with Crippen LogP contribution in [0.15, 0.2) is 53.6 Å². The molecule has 0 spiro atoms. The predicted octanol–water partition coefficient (Wildman–Crippen LogP) is 5.17. The Morgan fingerprint density at radius 1 is 0.838 bits per heavy atom. The van der Waals surface area contributed by atoms with Gasteiger partial charge in [0, 0.05) is 26.2 Å². The van der Waals surface area contributed by atoms with E-state index >= 15 is 0 Å². The molecule has 192 valence electrons. The van der Waals surface area contributed by atoms with E-state index in [1.165, 1.54) is 12.8 Å². The summed E-state index contributed by atoms with van der Waals surface area (Å²) in [5, 5.41) is 4.70. The molecule has 2 saturated heterocycles. The monoisotopic (exact) mass is 519 g/mol. The molecule has 2 aliphatic rings. The van der Waals surface area contributed by atoms with Crippen LogP contribution in [-0.2, 0) is 0 Å². The van der Waals surface area contributed by atoms with Gasteiger partial charge in [-0.25, -0.2) is 10.2 Å². The molecule has 2 fully saturated rings. The first-order valence-corrected chi connectivity index (χ1v) is 13.2. The molecular formula is C27H30ClN7O2. The van der Waals surface area contributed by atoms with E-state index < -0.39 is 5.97 Å². The van der Waals surface area contributed by atoms with Crippen molar-refractivity contribution in [1.82, 2.24) is 15.0 Å². The molecule has 0 atom stereocenters. The number of carbonyl (C=O) groups is 1. The molecule has 3 aromatic rings. The van der Waals surface area contributed by atoms with Crippen LogP contribution in [0.4, 0.5) is 17.8 Å². The van der Waals surface area contributed by atoms with Crippen LogP contribution in [0.25, 0.3) is 0 Å². The van der Waals surface area contributed by atoms with Gasteiger partial charge in [-0.3, -0.25) is 0 Å². The first kappa shape index (κ1) is 25.0. The van der Waals surface area contributed by atoms with E-state index in [0.717, 1.165) is 57.4 Å². The average Bonchev–Trinajstić information content (AvgIpc) is 2.95. The van der Waals surface area contributed by atoms with E-state index in [2.05, 4.69) is 30.3 Å². The molecule has 0 saturated carbocycles. The van der Waals surface area contributed by atoms with Crippen LogP contribution in [0.1, 0.15) is 54.4 Å². The number of piperidine rings is 2. The number of nitrogens with zero attached hydrogens (tertiary/aromatic N) is 6. The Bertz CT molecular complexity index is 1200. The predicted molar refractivity (Wildman–Crippen MR) is 146 cm³/mol. The highest BCUT2D eigenvalue weighted by molar-refractivity contribution is 6.33. The average molecular weight is 520 g/mol. The van der Waals surface area contributed by atoms with Crippen LogP contribution in [0.2, 0.25) is 5.02 Å². The summed E-state index contributed by atoms with van der Waals surface area (Å²) in [5.74, 6) is 1.76. The third-order valence-corrected chi connectivity index (χ3v) is 6.78. The minimum atomic E-state index is -0.502. The fourth-order valence-corrected chi connectivity index (χ4v) is 4.66. The third kappa shape index (κ3) is 6.54. The van der Waals surface area contributed by atoms with Crippen molar-refractivity contribution in [3.63, 3.8) is 0 Å². The van der Waals surface area contributed by atoms with Crippen LogP contribution in [0.5, 0.6) is 5.75 Å². The Kier molecular flexibility index (Phi) is 8.10. The minimum absolute atomic E-state index is 0.323. The normalized spacial score (nSPS) is 16.1. The van der Waals surface area contributed by atoms with E-state index in [4.69, 9.17) is 21.3 Å². The largest absolute Gasteiger partial charge is 0.423 e. The Balaban J connectivity index is 1.25. The Morgan fingerprint density at radius 2 is 1.43 bits per heavy atom. The summed E-state index contributed by atoms with van der Waals surface area (Å²) in [6, 6.07) is 13.8. The van der Waals surface area contributed by atoms with E-state index in [9.17, 15) is 4.79 Å². The molecule has 37 heavy (non-hydrogen) atoms. The van der Waals surface area contributed by atoms with E-state index in [-0.39, 0.29) is 0 Å². The van der Waals surface area contributed by atoms with Gasteiger partial charge < -0.3 is 14.5 Å². The van der Waals surface area contributed by atoms with Crippen molar-refractivity contribution >= 4 is 41.6 Å². The second-order valence-corrected chi connectivity index (χ2v) is 9.57. The number of carbonyl (C=O) groups excluding carboxylic acids is 1. The fourth-order valence-electron chi connectivity index (χ4n) is 4.45. The third-order valence-electron chi connectivity index (χ3n) is 6.45.